The van der Waals surface area contributed by atoms with Gasteiger partial charge in [0.2, 0.25) is 5.91 Å². The van der Waals surface area contributed by atoms with Crippen molar-refractivity contribution in [2.24, 2.45) is 0 Å². The largest absolute Gasteiger partial charge is 0.326 e. The quantitative estimate of drug-likeness (QED) is 0.519. The first kappa shape index (κ1) is 18.5. The van der Waals surface area contributed by atoms with Gasteiger partial charge in [0.15, 0.2) is 10.9 Å². The molecule has 1 aliphatic rings. The maximum atomic E-state index is 12.7. The molecule has 1 N–H and O–H groups in total. The van der Waals surface area contributed by atoms with E-state index in [1.807, 2.05) is 22.9 Å². The van der Waals surface area contributed by atoms with E-state index < -0.39 is 0 Å². The fraction of sp³-hybridized carbons (Fsp3) is 0.227. The van der Waals surface area contributed by atoms with Crippen molar-refractivity contribution < 1.29 is 9.59 Å². The molecule has 0 saturated carbocycles. The number of carbonyl (C=O) groups excluding carboxylic acids is 2. The summed E-state index contributed by atoms with van der Waals surface area (Å²) >= 11 is 1.43. The number of ketones is 1. The van der Waals surface area contributed by atoms with Crippen LogP contribution in [0.3, 0.4) is 0 Å². The average molecular weight is 391 g/mol. The van der Waals surface area contributed by atoms with Gasteiger partial charge >= 0.3 is 0 Å². The first-order chi connectivity index (χ1) is 13.5. The minimum Gasteiger partial charge on any atom is -0.326 e. The molecule has 0 atom stereocenters. The van der Waals surface area contributed by atoms with Crippen LogP contribution in [0.5, 0.6) is 0 Å². The molecular weight excluding hydrogens is 370 g/mol. The number of hydrogen-bond donors (Lipinski definition) is 1. The number of hydrogen-bond acceptors (Lipinski definition) is 4. The number of rotatable bonds is 5. The van der Waals surface area contributed by atoms with Crippen LogP contribution in [0.1, 0.15) is 33.5 Å². The van der Waals surface area contributed by atoms with E-state index in [0.29, 0.717) is 24.2 Å². The minimum absolute atomic E-state index is 0.0281. The molecule has 2 heterocycles. The molecule has 6 heteroatoms. The van der Waals surface area contributed by atoms with Crippen LogP contribution in [0.4, 0.5) is 5.69 Å². The molecule has 1 amide bonds. The third-order valence-corrected chi connectivity index (χ3v) is 5.71. The van der Waals surface area contributed by atoms with Crippen molar-refractivity contribution >= 4 is 29.1 Å². The zero-order valence-corrected chi connectivity index (χ0v) is 16.7. The van der Waals surface area contributed by atoms with E-state index in [1.165, 1.54) is 22.9 Å². The highest BCUT2D eigenvalue weighted by Gasteiger charge is 2.17. The molecule has 0 saturated heterocycles. The normalized spacial score (nSPS) is 13.1. The molecule has 0 spiro atoms. The van der Waals surface area contributed by atoms with Gasteiger partial charge in [-0.3, -0.25) is 14.2 Å². The molecule has 0 radical (unpaired) electrons. The lowest BCUT2D eigenvalue weighted by atomic mass is 9.99. The number of aromatic nitrogens is 2. The fourth-order valence-electron chi connectivity index (χ4n) is 3.45. The highest BCUT2D eigenvalue weighted by molar-refractivity contribution is 7.99. The molecule has 3 aromatic rings. The van der Waals surface area contributed by atoms with Gasteiger partial charge in [-0.1, -0.05) is 17.8 Å². The molecular formula is C22H21N3O2S. The van der Waals surface area contributed by atoms with Gasteiger partial charge in [-0.15, -0.1) is 0 Å². The van der Waals surface area contributed by atoms with Gasteiger partial charge in [0.05, 0.1) is 5.75 Å². The van der Waals surface area contributed by atoms with Gasteiger partial charge in [-0.2, -0.15) is 0 Å². The summed E-state index contributed by atoms with van der Waals surface area (Å²) in [5.41, 5.74) is 5.94. The predicted octanol–water partition coefficient (Wildman–Crippen LogP) is 4.35. The molecule has 0 fully saturated rings. The summed E-state index contributed by atoms with van der Waals surface area (Å²) in [6, 6.07) is 11.9. The van der Waals surface area contributed by atoms with Gasteiger partial charge in [0.25, 0.3) is 0 Å². The number of fused-ring (bicyclic) bond motifs is 1. The van der Waals surface area contributed by atoms with E-state index in [-0.39, 0.29) is 11.7 Å². The molecule has 1 aromatic heterocycles. The number of anilines is 1. The SMILES string of the molecule is Cc1cc(C)cc(-n2ccnc2SCC(=O)c2ccc3c(c2)CCC(=O)N3)c1. The van der Waals surface area contributed by atoms with Crippen molar-refractivity contribution in [3.8, 4) is 5.69 Å². The molecule has 5 nitrogen and oxygen atoms in total. The van der Waals surface area contributed by atoms with Crippen LogP contribution in [0.25, 0.3) is 5.69 Å². The van der Waals surface area contributed by atoms with Crippen LogP contribution in [-0.2, 0) is 11.2 Å². The van der Waals surface area contributed by atoms with E-state index >= 15 is 0 Å². The molecule has 142 valence electrons. The lowest BCUT2D eigenvalue weighted by molar-refractivity contribution is -0.116. The number of Topliss-reactive ketones (excluding diaryl/α,β-unsaturated/α-hetero) is 1. The second-order valence-corrected chi connectivity index (χ2v) is 8.00. The summed E-state index contributed by atoms with van der Waals surface area (Å²) in [4.78, 5) is 28.6. The number of aryl methyl sites for hydroxylation is 3. The highest BCUT2D eigenvalue weighted by atomic mass is 32.2. The third kappa shape index (κ3) is 3.87. The standard InChI is InChI=1S/C22H21N3O2S/c1-14-9-15(2)11-18(10-14)25-8-7-23-22(25)28-13-20(26)17-3-5-19-16(12-17)4-6-21(27)24-19/h3,5,7-12H,4,6,13H2,1-2H3,(H,24,27). The summed E-state index contributed by atoms with van der Waals surface area (Å²) in [6.07, 6.45) is 4.81. The van der Waals surface area contributed by atoms with Crippen LogP contribution in [0.2, 0.25) is 0 Å². The van der Waals surface area contributed by atoms with E-state index in [0.717, 1.165) is 22.1 Å². The molecule has 28 heavy (non-hydrogen) atoms. The first-order valence-electron chi connectivity index (χ1n) is 9.20. The number of nitrogens with zero attached hydrogens (tertiary/aromatic N) is 2. The molecule has 0 unspecified atom stereocenters. The second kappa shape index (κ2) is 7.64. The smallest absolute Gasteiger partial charge is 0.224 e. The third-order valence-electron chi connectivity index (χ3n) is 4.75. The first-order valence-corrected chi connectivity index (χ1v) is 10.2. The number of thioether (sulfide) groups is 1. The lowest BCUT2D eigenvalue weighted by Crippen LogP contribution is -2.19. The number of benzene rings is 2. The number of nitrogens with one attached hydrogen (secondary N) is 1. The van der Waals surface area contributed by atoms with Gasteiger partial charge < -0.3 is 5.32 Å². The average Bonchev–Trinajstić information content (AvgIpc) is 3.13. The Morgan fingerprint density at radius 1 is 1.14 bits per heavy atom. The molecule has 4 rings (SSSR count). The van der Waals surface area contributed by atoms with Crippen LogP contribution in [-0.4, -0.2) is 27.0 Å². The monoisotopic (exact) mass is 391 g/mol. The zero-order valence-electron chi connectivity index (χ0n) is 15.9. The Hall–Kier alpha value is -2.86. The summed E-state index contributed by atoms with van der Waals surface area (Å²) in [5, 5.41) is 3.64. The Kier molecular flexibility index (Phi) is 5.05. The predicted molar refractivity (Wildman–Crippen MR) is 111 cm³/mol. The Labute approximate surface area is 168 Å². The fourth-order valence-corrected chi connectivity index (χ4v) is 4.32. The summed E-state index contributed by atoms with van der Waals surface area (Å²) in [5.74, 6) is 0.396. The second-order valence-electron chi connectivity index (χ2n) is 7.06. The van der Waals surface area contributed by atoms with E-state index in [1.54, 1.807) is 12.3 Å². The van der Waals surface area contributed by atoms with Crippen LogP contribution in [0.15, 0.2) is 53.9 Å². The summed E-state index contributed by atoms with van der Waals surface area (Å²) < 4.78 is 2.01. The topological polar surface area (TPSA) is 64.0 Å². The number of carbonyl (C=O) groups is 2. The van der Waals surface area contributed by atoms with Crippen LogP contribution >= 0.6 is 11.8 Å². The maximum Gasteiger partial charge on any atom is 0.224 e. The molecule has 0 aliphatic carbocycles. The highest BCUT2D eigenvalue weighted by Crippen LogP contribution is 2.26. The number of amides is 1. The molecule has 0 bridgehead atoms. The van der Waals surface area contributed by atoms with Crippen molar-refractivity contribution in [1.82, 2.24) is 9.55 Å². The summed E-state index contributed by atoms with van der Waals surface area (Å²) in [6.45, 7) is 4.14. The van der Waals surface area contributed by atoms with E-state index in [9.17, 15) is 9.59 Å². The Morgan fingerprint density at radius 2 is 1.93 bits per heavy atom. The molecule has 1 aliphatic heterocycles. The van der Waals surface area contributed by atoms with Crippen molar-refractivity contribution in [3.05, 3.63) is 71.0 Å². The summed E-state index contributed by atoms with van der Waals surface area (Å²) in [7, 11) is 0. The lowest BCUT2D eigenvalue weighted by Gasteiger charge is -2.17. The van der Waals surface area contributed by atoms with Crippen LogP contribution in [0, 0.1) is 13.8 Å². The Balaban J connectivity index is 1.49. The molecule has 2 aromatic carbocycles. The maximum absolute atomic E-state index is 12.7. The van der Waals surface area contributed by atoms with E-state index in [4.69, 9.17) is 0 Å². The van der Waals surface area contributed by atoms with Crippen molar-refractivity contribution in [3.63, 3.8) is 0 Å². The van der Waals surface area contributed by atoms with Crippen molar-refractivity contribution in [2.45, 2.75) is 31.8 Å². The Morgan fingerprint density at radius 3 is 2.71 bits per heavy atom. The van der Waals surface area contributed by atoms with Gasteiger partial charge in [0.1, 0.15) is 0 Å². The Bertz CT molecular complexity index is 1050. The van der Waals surface area contributed by atoms with Gasteiger partial charge in [-0.05, 0) is 67.3 Å². The van der Waals surface area contributed by atoms with Crippen molar-refractivity contribution in [1.29, 1.82) is 0 Å². The van der Waals surface area contributed by atoms with Crippen LogP contribution < -0.4 is 5.32 Å². The van der Waals surface area contributed by atoms with Crippen molar-refractivity contribution in [2.75, 3.05) is 11.1 Å². The zero-order chi connectivity index (χ0) is 19.7. The number of imidazole rings is 1. The van der Waals surface area contributed by atoms with Gasteiger partial charge in [-0.25, -0.2) is 4.98 Å². The van der Waals surface area contributed by atoms with E-state index in [2.05, 4.69) is 42.3 Å². The minimum atomic E-state index is 0.0281. The van der Waals surface area contributed by atoms with Gasteiger partial charge in [0, 0.05) is 35.8 Å².